The first-order chi connectivity index (χ1) is 19.0. The maximum absolute atomic E-state index is 12.5. The van der Waals surface area contributed by atoms with Gasteiger partial charge in [-0.3, -0.25) is 14.4 Å². The van der Waals surface area contributed by atoms with Crippen molar-refractivity contribution in [3.63, 3.8) is 0 Å². The van der Waals surface area contributed by atoms with Crippen molar-refractivity contribution in [3.8, 4) is 5.75 Å². The van der Waals surface area contributed by atoms with Crippen LogP contribution in [0.1, 0.15) is 27.0 Å². The van der Waals surface area contributed by atoms with Gasteiger partial charge >= 0.3 is 5.97 Å². The number of hydrazone groups is 1. The first kappa shape index (κ1) is 27.2. The number of anilines is 1. The number of esters is 1. The lowest BCUT2D eigenvalue weighted by Gasteiger charge is -2.08. The van der Waals surface area contributed by atoms with Crippen LogP contribution in [0.25, 0.3) is 6.08 Å². The van der Waals surface area contributed by atoms with Crippen LogP contribution in [0.5, 0.6) is 5.75 Å². The summed E-state index contributed by atoms with van der Waals surface area (Å²) in [4.78, 5) is 37.1. The lowest BCUT2D eigenvalue weighted by Crippen LogP contribution is -2.18. The molecule has 194 valence electrons. The van der Waals surface area contributed by atoms with E-state index >= 15 is 0 Å². The molecule has 0 radical (unpaired) electrons. The predicted octanol–water partition coefficient (Wildman–Crippen LogP) is 6.01. The average Bonchev–Trinajstić information content (AvgIpc) is 2.95. The Kier molecular flexibility index (Phi) is 9.52. The summed E-state index contributed by atoms with van der Waals surface area (Å²) >= 11 is 3.40. The zero-order chi connectivity index (χ0) is 27.5. The van der Waals surface area contributed by atoms with Crippen LogP contribution >= 0.6 is 15.9 Å². The number of carbonyl (C=O) groups excluding carboxylic acids is 3. The van der Waals surface area contributed by atoms with E-state index in [9.17, 15) is 14.4 Å². The van der Waals surface area contributed by atoms with E-state index in [1.165, 1.54) is 12.3 Å². The number of rotatable bonds is 9. The maximum Gasteiger partial charge on any atom is 0.315 e. The molecule has 0 bridgehead atoms. The minimum Gasteiger partial charge on any atom is -0.426 e. The van der Waals surface area contributed by atoms with E-state index in [4.69, 9.17) is 4.74 Å². The molecule has 0 aliphatic heterocycles. The van der Waals surface area contributed by atoms with Crippen molar-refractivity contribution in [3.05, 3.63) is 136 Å². The van der Waals surface area contributed by atoms with Gasteiger partial charge in [-0.1, -0.05) is 76.6 Å². The summed E-state index contributed by atoms with van der Waals surface area (Å²) in [5.41, 5.74) is 5.64. The molecule has 4 aromatic carbocycles. The smallest absolute Gasteiger partial charge is 0.315 e. The summed E-state index contributed by atoms with van der Waals surface area (Å²) < 4.78 is 6.29. The molecule has 2 N–H and O–H groups in total. The van der Waals surface area contributed by atoms with E-state index in [0.717, 1.165) is 15.6 Å². The second kappa shape index (κ2) is 13.6. The number of hydrogen-bond donors (Lipinski definition) is 2. The van der Waals surface area contributed by atoms with E-state index in [1.54, 1.807) is 48.5 Å². The average molecular weight is 582 g/mol. The van der Waals surface area contributed by atoms with Gasteiger partial charge in [-0.2, -0.15) is 5.10 Å². The highest BCUT2D eigenvalue weighted by Gasteiger charge is 2.11. The molecule has 2 amide bonds. The molecule has 0 spiro atoms. The first-order valence-corrected chi connectivity index (χ1v) is 12.8. The molecular formula is C31H24BrN3O4. The molecule has 0 fully saturated rings. The van der Waals surface area contributed by atoms with Gasteiger partial charge in [0.25, 0.3) is 5.91 Å². The summed E-state index contributed by atoms with van der Waals surface area (Å²) in [6.07, 6.45) is 4.70. The molecule has 0 atom stereocenters. The molecule has 4 aromatic rings. The van der Waals surface area contributed by atoms with Crippen molar-refractivity contribution in [1.82, 2.24) is 5.43 Å². The van der Waals surface area contributed by atoms with Crippen molar-refractivity contribution in [1.29, 1.82) is 0 Å². The van der Waals surface area contributed by atoms with Crippen LogP contribution in [-0.2, 0) is 16.0 Å². The molecule has 0 unspecified atom stereocenters. The van der Waals surface area contributed by atoms with Gasteiger partial charge in [-0.15, -0.1) is 0 Å². The van der Waals surface area contributed by atoms with Crippen LogP contribution < -0.4 is 15.5 Å². The molecule has 4 rings (SSSR count). The lowest BCUT2D eigenvalue weighted by atomic mass is 10.1. The number of hydrogen-bond acceptors (Lipinski definition) is 5. The number of nitrogens with zero attached hydrogens (tertiary/aromatic N) is 1. The zero-order valence-corrected chi connectivity index (χ0v) is 22.3. The van der Waals surface area contributed by atoms with Crippen molar-refractivity contribution >= 4 is 51.7 Å². The van der Waals surface area contributed by atoms with Crippen LogP contribution in [0.4, 0.5) is 5.69 Å². The topological polar surface area (TPSA) is 96.9 Å². The molecule has 0 saturated heterocycles. The van der Waals surface area contributed by atoms with Crippen molar-refractivity contribution < 1.29 is 19.1 Å². The fraction of sp³-hybridized carbons (Fsp3) is 0.0323. The fourth-order valence-electron chi connectivity index (χ4n) is 3.48. The monoisotopic (exact) mass is 581 g/mol. The van der Waals surface area contributed by atoms with Crippen LogP contribution in [0, 0.1) is 0 Å². The molecular weight excluding hydrogens is 558 g/mol. The molecule has 8 heteroatoms. The highest BCUT2D eigenvalue weighted by atomic mass is 79.9. The minimum atomic E-state index is -0.439. The SMILES string of the molecule is O=C(/C=C/c1ccccc1)Nc1ccc(C(=O)N/N=C\c2cc(Br)ccc2OC(=O)Cc2ccccc2)cc1. The standard InChI is InChI=1S/C31H24BrN3O4/c32-26-14-17-28(39-30(37)19-23-9-5-2-6-10-23)25(20-26)21-33-35-31(38)24-12-15-27(16-13-24)34-29(36)18-11-22-7-3-1-4-8-22/h1-18,20-21H,19H2,(H,34,36)(H,35,38)/b18-11+,33-21-. The molecule has 0 aliphatic rings. The van der Waals surface area contributed by atoms with E-state index in [2.05, 4.69) is 31.8 Å². The van der Waals surface area contributed by atoms with Gasteiger partial charge in [0.15, 0.2) is 0 Å². The summed E-state index contributed by atoms with van der Waals surface area (Å²) in [6, 6.07) is 30.3. The van der Waals surface area contributed by atoms with Gasteiger partial charge in [0.05, 0.1) is 12.6 Å². The zero-order valence-electron chi connectivity index (χ0n) is 20.7. The van der Waals surface area contributed by atoms with Gasteiger partial charge in [-0.25, -0.2) is 5.43 Å². The van der Waals surface area contributed by atoms with Crippen molar-refractivity contribution in [2.75, 3.05) is 5.32 Å². The summed E-state index contributed by atoms with van der Waals surface area (Å²) in [7, 11) is 0. The van der Waals surface area contributed by atoms with E-state index in [-0.39, 0.29) is 12.3 Å². The maximum atomic E-state index is 12.5. The second-order valence-electron chi connectivity index (χ2n) is 8.33. The third kappa shape index (κ3) is 8.62. The first-order valence-electron chi connectivity index (χ1n) is 12.0. The number of ether oxygens (including phenoxy) is 1. The lowest BCUT2D eigenvalue weighted by molar-refractivity contribution is -0.133. The number of benzene rings is 4. The Morgan fingerprint density at radius 1 is 0.846 bits per heavy atom. The van der Waals surface area contributed by atoms with Gasteiger partial charge in [-0.05, 0) is 59.7 Å². The minimum absolute atomic E-state index is 0.129. The number of amides is 2. The third-order valence-corrected chi connectivity index (χ3v) is 5.89. The van der Waals surface area contributed by atoms with Gasteiger partial charge in [0.2, 0.25) is 5.91 Å². The summed E-state index contributed by atoms with van der Waals surface area (Å²) in [5.74, 6) is -0.816. The predicted molar refractivity (Wildman–Crippen MR) is 156 cm³/mol. The van der Waals surface area contributed by atoms with E-state index in [1.807, 2.05) is 60.7 Å². The Morgan fingerprint density at radius 2 is 1.54 bits per heavy atom. The fourth-order valence-corrected chi connectivity index (χ4v) is 3.86. The van der Waals surface area contributed by atoms with Crippen LogP contribution in [0.3, 0.4) is 0 Å². The Hall–Kier alpha value is -4.82. The quantitative estimate of drug-likeness (QED) is 0.0831. The molecule has 0 saturated carbocycles. The molecule has 0 heterocycles. The summed E-state index contributed by atoms with van der Waals surface area (Å²) in [5, 5.41) is 6.77. The molecule has 39 heavy (non-hydrogen) atoms. The van der Waals surface area contributed by atoms with Gasteiger partial charge in [0, 0.05) is 27.4 Å². The van der Waals surface area contributed by atoms with Gasteiger partial charge < -0.3 is 10.1 Å². The number of halogens is 1. The second-order valence-corrected chi connectivity index (χ2v) is 9.24. The van der Waals surface area contributed by atoms with Crippen LogP contribution in [0.2, 0.25) is 0 Å². The van der Waals surface area contributed by atoms with Gasteiger partial charge in [0.1, 0.15) is 5.75 Å². The van der Waals surface area contributed by atoms with E-state index in [0.29, 0.717) is 22.6 Å². The third-order valence-electron chi connectivity index (χ3n) is 5.40. The highest BCUT2D eigenvalue weighted by molar-refractivity contribution is 9.10. The van der Waals surface area contributed by atoms with Crippen molar-refractivity contribution in [2.45, 2.75) is 6.42 Å². The largest absolute Gasteiger partial charge is 0.426 e. The highest BCUT2D eigenvalue weighted by Crippen LogP contribution is 2.22. The van der Waals surface area contributed by atoms with E-state index < -0.39 is 11.9 Å². The van der Waals surface area contributed by atoms with Crippen LogP contribution in [0.15, 0.2) is 119 Å². The molecule has 0 aromatic heterocycles. The molecule has 7 nitrogen and oxygen atoms in total. The Labute approximate surface area is 234 Å². The molecule has 0 aliphatic carbocycles. The Morgan fingerprint density at radius 3 is 2.26 bits per heavy atom. The van der Waals surface area contributed by atoms with Crippen LogP contribution in [-0.4, -0.2) is 24.0 Å². The van der Waals surface area contributed by atoms with Crippen molar-refractivity contribution in [2.24, 2.45) is 5.10 Å². The Bertz CT molecular complexity index is 1500. The number of carbonyl (C=O) groups is 3. The Balaban J connectivity index is 1.32. The normalized spacial score (nSPS) is 10.9. The summed E-state index contributed by atoms with van der Waals surface area (Å²) in [6.45, 7) is 0. The number of nitrogens with one attached hydrogen (secondary N) is 2.